The summed E-state index contributed by atoms with van der Waals surface area (Å²) in [5, 5.41) is 2.89. The average Bonchev–Trinajstić information content (AvgIpc) is 2.72. The van der Waals surface area contributed by atoms with E-state index in [1.165, 1.54) is 17.3 Å². The molecule has 0 saturated carbocycles. The molecule has 1 amide bonds. The number of hydrogen-bond acceptors (Lipinski definition) is 5. The van der Waals surface area contributed by atoms with Crippen LogP contribution in [-0.2, 0) is 12.7 Å². The van der Waals surface area contributed by atoms with Gasteiger partial charge in [0.2, 0.25) is 0 Å². The van der Waals surface area contributed by atoms with Crippen LogP contribution in [0.4, 0.5) is 19.0 Å². The van der Waals surface area contributed by atoms with Gasteiger partial charge in [-0.25, -0.2) is 9.97 Å². The predicted molar refractivity (Wildman–Crippen MR) is 102 cm³/mol. The Labute approximate surface area is 165 Å². The molecule has 150 valence electrons. The van der Waals surface area contributed by atoms with Gasteiger partial charge < -0.3 is 10.2 Å². The summed E-state index contributed by atoms with van der Waals surface area (Å²) < 4.78 is 39.7. The van der Waals surface area contributed by atoms with Crippen molar-refractivity contribution in [1.82, 2.24) is 19.9 Å². The zero-order chi connectivity index (χ0) is 21.0. The first-order chi connectivity index (χ1) is 13.7. The van der Waals surface area contributed by atoms with E-state index in [9.17, 15) is 18.0 Å². The van der Waals surface area contributed by atoms with E-state index in [2.05, 4.69) is 20.3 Å². The van der Waals surface area contributed by atoms with Crippen molar-refractivity contribution >= 4 is 11.7 Å². The largest absolute Gasteiger partial charge is 0.433 e. The van der Waals surface area contributed by atoms with Gasteiger partial charge in [-0.3, -0.25) is 9.78 Å². The zero-order valence-corrected chi connectivity index (χ0v) is 15.7. The van der Waals surface area contributed by atoms with E-state index >= 15 is 0 Å². The summed E-state index contributed by atoms with van der Waals surface area (Å²) in [6.45, 7) is 0.237. The van der Waals surface area contributed by atoms with Gasteiger partial charge in [0.15, 0.2) is 11.5 Å². The average molecular weight is 401 g/mol. The van der Waals surface area contributed by atoms with Crippen LogP contribution >= 0.6 is 0 Å². The molecule has 3 rings (SSSR count). The minimum atomic E-state index is -4.60. The van der Waals surface area contributed by atoms with E-state index in [-0.39, 0.29) is 24.1 Å². The number of amides is 1. The molecule has 1 aromatic carbocycles. The van der Waals surface area contributed by atoms with Crippen LogP contribution in [0.1, 0.15) is 21.6 Å². The number of carbonyl (C=O) groups is 1. The molecule has 9 heteroatoms. The van der Waals surface area contributed by atoms with Gasteiger partial charge in [-0.15, -0.1) is 0 Å². The second-order valence-electron chi connectivity index (χ2n) is 6.45. The van der Waals surface area contributed by atoms with Crippen LogP contribution in [0.25, 0.3) is 11.4 Å². The Morgan fingerprint density at radius 2 is 1.69 bits per heavy atom. The summed E-state index contributed by atoms with van der Waals surface area (Å²) in [4.78, 5) is 25.1. The molecule has 2 aromatic heterocycles. The molecule has 0 radical (unpaired) electrons. The third-order valence-electron chi connectivity index (χ3n) is 4.04. The summed E-state index contributed by atoms with van der Waals surface area (Å²) in [6.07, 6.45) is -1.68. The van der Waals surface area contributed by atoms with Crippen molar-refractivity contribution in [1.29, 1.82) is 0 Å². The lowest BCUT2D eigenvalue weighted by atomic mass is 10.1. The van der Waals surface area contributed by atoms with Crippen LogP contribution in [0.2, 0.25) is 0 Å². The zero-order valence-electron chi connectivity index (χ0n) is 15.7. The molecule has 0 atom stereocenters. The van der Waals surface area contributed by atoms with Gasteiger partial charge in [0.1, 0.15) is 5.82 Å². The fraction of sp³-hybridized carbons (Fsp3) is 0.200. The minimum Gasteiger partial charge on any atom is -0.366 e. The highest BCUT2D eigenvalue weighted by Crippen LogP contribution is 2.30. The van der Waals surface area contributed by atoms with Gasteiger partial charge in [0.05, 0.1) is 0 Å². The third-order valence-corrected chi connectivity index (χ3v) is 4.04. The van der Waals surface area contributed by atoms with Gasteiger partial charge in [-0.05, 0) is 29.8 Å². The lowest BCUT2D eigenvalue weighted by Gasteiger charge is -2.13. The number of carbonyl (C=O) groups excluding carboxylic acids is 1. The Kier molecular flexibility index (Phi) is 5.76. The fourth-order valence-electron chi connectivity index (χ4n) is 2.53. The molecule has 6 nitrogen and oxygen atoms in total. The molecule has 0 bridgehead atoms. The number of halogens is 3. The smallest absolute Gasteiger partial charge is 0.366 e. The predicted octanol–water partition coefficient (Wildman–Crippen LogP) is 3.87. The van der Waals surface area contributed by atoms with Crippen molar-refractivity contribution in [3.8, 4) is 11.4 Å². The van der Waals surface area contributed by atoms with Crippen LogP contribution < -0.4 is 5.32 Å². The first kappa shape index (κ1) is 20.2. The Morgan fingerprint density at radius 1 is 1.03 bits per heavy atom. The van der Waals surface area contributed by atoms with E-state index in [0.29, 0.717) is 11.1 Å². The topological polar surface area (TPSA) is 71.0 Å². The van der Waals surface area contributed by atoms with Crippen LogP contribution in [0, 0.1) is 0 Å². The molecule has 29 heavy (non-hydrogen) atoms. The summed E-state index contributed by atoms with van der Waals surface area (Å²) in [5.41, 5.74) is 0.715. The number of nitrogens with one attached hydrogen (secondary N) is 1. The maximum atomic E-state index is 13.2. The number of rotatable bonds is 5. The Balaban J connectivity index is 1.82. The van der Waals surface area contributed by atoms with E-state index in [4.69, 9.17) is 0 Å². The van der Waals surface area contributed by atoms with Crippen LogP contribution in [0.3, 0.4) is 0 Å². The van der Waals surface area contributed by atoms with Crippen molar-refractivity contribution in [3.05, 3.63) is 71.7 Å². The van der Waals surface area contributed by atoms with Crippen LogP contribution in [0.5, 0.6) is 0 Å². The van der Waals surface area contributed by atoms with Gasteiger partial charge in [0, 0.05) is 50.2 Å². The van der Waals surface area contributed by atoms with Gasteiger partial charge in [0.25, 0.3) is 5.91 Å². The maximum absolute atomic E-state index is 13.2. The highest BCUT2D eigenvalue weighted by atomic mass is 19.4. The van der Waals surface area contributed by atoms with E-state index in [1.54, 1.807) is 50.5 Å². The second-order valence-corrected chi connectivity index (χ2v) is 6.45. The monoisotopic (exact) mass is 401 g/mol. The first-order valence-electron chi connectivity index (χ1n) is 8.65. The molecule has 0 fully saturated rings. The fourth-order valence-corrected chi connectivity index (χ4v) is 2.53. The highest BCUT2D eigenvalue weighted by Gasteiger charge is 2.33. The van der Waals surface area contributed by atoms with E-state index in [0.717, 1.165) is 11.6 Å². The van der Waals surface area contributed by atoms with Crippen LogP contribution in [-0.4, -0.2) is 39.9 Å². The molecule has 2 heterocycles. The third kappa shape index (κ3) is 5.07. The number of nitrogens with zero attached hydrogens (tertiary/aromatic N) is 4. The first-order valence-corrected chi connectivity index (χ1v) is 8.65. The maximum Gasteiger partial charge on any atom is 0.433 e. The SMILES string of the molecule is CN(C)C(=O)c1ccc(CNc2cc(C(F)(F)F)nc(-c3ccncc3)n2)cc1. The van der Waals surface area contributed by atoms with Gasteiger partial charge in [-0.2, -0.15) is 13.2 Å². The number of alkyl halides is 3. The summed E-state index contributed by atoms with van der Waals surface area (Å²) in [6, 6.07) is 10.8. The Bertz CT molecular complexity index is 989. The number of aromatic nitrogens is 3. The van der Waals surface area contributed by atoms with Crippen LogP contribution in [0.15, 0.2) is 54.9 Å². The lowest BCUT2D eigenvalue weighted by molar-refractivity contribution is -0.141. The number of anilines is 1. The minimum absolute atomic E-state index is 0.0448. The van der Waals surface area contributed by atoms with Crippen molar-refractivity contribution < 1.29 is 18.0 Å². The standard InChI is InChI=1S/C20H18F3N5O/c1-28(2)19(29)15-5-3-13(4-6-15)12-25-17-11-16(20(21,22)23)26-18(27-17)14-7-9-24-10-8-14/h3-11H,12H2,1-2H3,(H,25,26,27). The molecular weight excluding hydrogens is 383 g/mol. The molecule has 1 N–H and O–H groups in total. The Hall–Kier alpha value is -3.49. The summed E-state index contributed by atoms with van der Waals surface area (Å²) in [7, 11) is 3.32. The molecular formula is C20H18F3N5O. The van der Waals surface area contributed by atoms with Crippen molar-refractivity contribution in [2.45, 2.75) is 12.7 Å². The van der Waals surface area contributed by atoms with Gasteiger partial charge in [-0.1, -0.05) is 12.1 Å². The summed E-state index contributed by atoms with van der Waals surface area (Å²) >= 11 is 0. The molecule has 0 unspecified atom stereocenters. The van der Waals surface area contributed by atoms with E-state index in [1.807, 2.05) is 0 Å². The lowest BCUT2D eigenvalue weighted by Crippen LogP contribution is -2.21. The summed E-state index contributed by atoms with van der Waals surface area (Å²) in [5.74, 6) is -0.124. The van der Waals surface area contributed by atoms with Gasteiger partial charge >= 0.3 is 6.18 Å². The molecule has 0 aliphatic rings. The number of hydrogen-bond donors (Lipinski definition) is 1. The molecule has 0 saturated heterocycles. The van der Waals surface area contributed by atoms with Crippen molar-refractivity contribution in [2.24, 2.45) is 0 Å². The second kappa shape index (κ2) is 8.26. The molecule has 3 aromatic rings. The normalized spacial score (nSPS) is 11.2. The highest BCUT2D eigenvalue weighted by molar-refractivity contribution is 5.93. The molecule has 0 aliphatic carbocycles. The molecule has 0 aliphatic heterocycles. The number of pyridine rings is 1. The quantitative estimate of drug-likeness (QED) is 0.703. The van der Waals surface area contributed by atoms with Crippen molar-refractivity contribution in [3.63, 3.8) is 0 Å². The number of benzene rings is 1. The Morgan fingerprint density at radius 3 is 2.28 bits per heavy atom. The van der Waals surface area contributed by atoms with E-state index < -0.39 is 11.9 Å². The van der Waals surface area contributed by atoms with Crippen molar-refractivity contribution in [2.75, 3.05) is 19.4 Å². The molecule has 0 spiro atoms.